The number of amides is 1. The van der Waals surface area contributed by atoms with Crippen LogP contribution >= 0.6 is 0 Å². The van der Waals surface area contributed by atoms with Crippen LogP contribution < -0.4 is 4.74 Å². The summed E-state index contributed by atoms with van der Waals surface area (Å²) in [5.74, 6) is 0.100. The molecule has 3 rings (SSSR count). The highest BCUT2D eigenvalue weighted by Gasteiger charge is 2.43. The van der Waals surface area contributed by atoms with Crippen LogP contribution in [0.5, 0.6) is 5.75 Å². The molecular weight excluding hydrogens is 390 g/mol. The van der Waals surface area contributed by atoms with Gasteiger partial charge in [0, 0.05) is 13.0 Å². The van der Waals surface area contributed by atoms with E-state index in [-0.39, 0.29) is 30.2 Å². The maximum Gasteiger partial charge on any atom is 0.290 e. The molecule has 31 heavy (non-hydrogen) atoms. The van der Waals surface area contributed by atoms with Crippen LogP contribution in [0.15, 0.2) is 59.9 Å². The topological polar surface area (TPSA) is 66.8 Å². The van der Waals surface area contributed by atoms with Crippen LogP contribution in [0.4, 0.5) is 0 Å². The number of hydrogen-bond donors (Lipinski definition) is 1. The maximum absolute atomic E-state index is 13.0. The molecule has 1 atom stereocenters. The van der Waals surface area contributed by atoms with Gasteiger partial charge in [-0.25, -0.2) is 0 Å². The van der Waals surface area contributed by atoms with E-state index < -0.39 is 17.7 Å². The number of methoxy groups -OCH3 is 1. The molecule has 0 radical (unpaired) electrons. The summed E-state index contributed by atoms with van der Waals surface area (Å²) in [7, 11) is 1.60. The molecular formula is C26H31NO4. The smallest absolute Gasteiger partial charge is 0.290 e. The highest BCUT2D eigenvalue weighted by Crippen LogP contribution is 2.40. The summed E-state index contributed by atoms with van der Waals surface area (Å²) >= 11 is 0. The molecule has 0 bridgehead atoms. The normalized spacial score (nSPS) is 16.5. The van der Waals surface area contributed by atoms with E-state index in [0.717, 1.165) is 16.9 Å². The second-order valence-electron chi connectivity index (χ2n) is 8.79. The Morgan fingerprint density at radius 3 is 2.16 bits per heavy atom. The van der Waals surface area contributed by atoms with Crippen LogP contribution in [-0.4, -0.2) is 28.8 Å². The number of carbonyl (C=O) groups is 2. The van der Waals surface area contributed by atoms with Gasteiger partial charge < -0.3 is 14.7 Å². The van der Waals surface area contributed by atoms with Gasteiger partial charge in [-0.15, -0.1) is 0 Å². The van der Waals surface area contributed by atoms with Gasteiger partial charge in [-0.3, -0.25) is 9.59 Å². The molecule has 2 aromatic rings. The van der Waals surface area contributed by atoms with Crippen molar-refractivity contribution in [1.29, 1.82) is 0 Å². The number of carbonyl (C=O) groups excluding carboxylic acids is 2. The van der Waals surface area contributed by atoms with Crippen molar-refractivity contribution in [3.05, 3.63) is 76.6 Å². The Morgan fingerprint density at radius 1 is 1.03 bits per heavy atom. The number of Topliss-reactive ketones (excluding diaryl/α,β-unsaturated/α-hetero) is 1. The summed E-state index contributed by atoms with van der Waals surface area (Å²) in [6, 6.07) is 14.8. The molecule has 1 unspecified atom stereocenters. The summed E-state index contributed by atoms with van der Waals surface area (Å²) in [5.41, 5.74) is 3.09. The van der Waals surface area contributed by atoms with Gasteiger partial charge in [-0.05, 0) is 40.7 Å². The first-order valence-corrected chi connectivity index (χ1v) is 10.7. The third kappa shape index (κ3) is 4.82. The number of aliphatic hydroxyl groups is 1. The number of benzene rings is 2. The van der Waals surface area contributed by atoms with Crippen molar-refractivity contribution >= 4 is 11.7 Å². The van der Waals surface area contributed by atoms with Gasteiger partial charge in [-0.1, -0.05) is 64.1 Å². The van der Waals surface area contributed by atoms with Crippen molar-refractivity contribution in [2.45, 2.75) is 52.6 Å². The number of hydrogen-bond acceptors (Lipinski definition) is 4. The fourth-order valence-electron chi connectivity index (χ4n) is 3.92. The lowest BCUT2D eigenvalue weighted by molar-refractivity contribution is -0.130. The lowest BCUT2D eigenvalue weighted by Crippen LogP contribution is -2.30. The molecule has 1 amide bonds. The van der Waals surface area contributed by atoms with Crippen LogP contribution in [0.2, 0.25) is 0 Å². The van der Waals surface area contributed by atoms with E-state index in [1.54, 1.807) is 12.0 Å². The third-order valence-electron chi connectivity index (χ3n) is 5.63. The van der Waals surface area contributed by atoms with Gasteiger partial charge in [-0.2, -0.15) is 0 Å². The Labute approximate surface area is 184 Å². The summed E-state index contributed by atoms with van der Waals surface area (Å²) in [4.78, 5) is 27.7. The van der Waals surface area contributed by atoms with Crippen LogP contribution in [-0.2, 0) is 16.1 Å². The largest absolute Gasteiger partial charge is 0.503 e. The van der Waals surface area contributed by atoms with Crippen LogP contribution in [0.3, 0.4) is 0 Å². The molecule has 0 fully saturated rings. The summed E-state index contributed by atoms with van der Waals surface area (Å²) < 4.78 is 5.21. The third-order valence-corrected chi connectivity index (χ3v) is 5.63. The van der Waals surface area contributed by atoms with Crippen molar-refractivity contribution in [3.8, 4) is 5.75 Å². The molecule has 164 valence electrons. The summed E-state index contributed by atoms with van der Waals surface area (Å²) in [6.45, 7) is 8.42. The lowest BCUT2D eigenvalue weighted by Gasteiger charge is -2.27. The monoisotopic (exact) mass is 421 g/mol. The summed E-state index contributed by atoms with van der Waals surface area (Å²) in [6.07, 6.45) is 0.281. The van der Waals surface area contributed by atoms with E-state index in [0.29, 0.717) is 5.92 Å². The second kappa shape index (κ2) is 9.38. The molecule has 0 spiro atoms. The first kappa shape index (κ1) is 22.6. The van der Waals surface area contributed by atoms with E-state index in [1.165, 1.54) is 5.56 Å². The molecule has 1 N–H and O–H groups in total. The quantitative estimate of drug-likeness (QED) is 0.626. The predicted molar refractivity (Wildman–Crippen MR) is 121 cm³/mol. The molecule has 0 saturated heterocycles. The van der Waals surface area contributed by atoms with Gasteiger partial charge in [0.15, 0.2) is 11.5 Å². The van der Waals surface area contributed by atoms with Crippen LogP contribution in [0.25, 0.3) is 0 Å². The average molecular weight is 422 g/mol. The minimum absolute atomic E-state index is 0.127. The van der Waals surface area contributed by atoms with E-state index in [4.69, 9.17) is 4.74 Å². The second-order valence-corrected chi connectivity index (χ2v) is 8.79. The Bertz CT molecular complexity index is 971. The van der Waals surface area contributed by atoms with Crippen molar-refractivity contribution in [1.82, 2.24) is 4.90 Å². The average Bonchev–Trinajstić information content (AvgIpc) is 2.99. The SMILES string of the molecule is COc1ccc(CN2C(=O)C(O)=C(C(=O)CC(C)C)C2c2ccc(C(C)C)cc2)cc1. The fourth-order valence-corrected chi connectivity index (χ4v) is 3.92. The molecule has 1 heterocycles. The minimum atomic E-state index is -0.609. The lowest BCUT2D eigenvalue weighted by atomic mass is 9.91. The predicted octanol–water partition coefficient (Wildman–Crippen LogP) is 5.33. The van der Waals surface area contributed by atoms with Gasteiger partial charge in [0.05, 0.1) is 18.7 Å². The number of nitrogens with zero attached hydrogens (tertiary/aromatic N) is 1. The maximum atomic E-state index is 13.0. The molecule has 0 saturated carbocycles. The highest BCUT2D eigenvalue weighted by molar-refractivity contribution is 6.09. The molecule has 0 aromatic heterocycles. The molecule has 5 nitrogen and oxygen atoms in total. The zero-order valence-electron chi connectivity index (χ0n) is 18.9. The molecule has 5 heteroatoms. The first-order valence-electron chi connectivity index (χ1n) is 10.7. The van der Waals surface area contributed by atoms with Gasteiger partial charge in [0.25, 0.3) is 5.91 Å². The Hall–Kier alpha value is -3.08. The van der Waals surface area contributed by atoms with Crippen molar-refractivity contribution in [2.24, 2.45) is 5.92 Å². The molecule has 1 aliphatic heterocycles. The van der Waals surface area contributed by atoms with E-state index >= 15 is 0 Å². The number of ketones is 1. The van der Waals surface area contributed by atoms with Gasteiger partial charge >= 0.3 is 0 Å². The van der Waals surface area contributed by atoms with E-state index in [2.05, 4.69) is 13.8 Å². The van der Waals surface area contributed by atoms with E-state index in [9.17, 15) is 14.7 Å². The van der Waals surface area contributed by atoms with Crippen LogP contribution in [0, 0.1) is 5.92 Å². The Morgan fingerprint density at radius 2 is 1.65 bits per heavy atom. The van der Waals surface area contributed by atoms with Crippen molar-refractivity contribution in [2.75, 3.05) is 7.11 Å². The molecule has 1 aliphatic rings. The number of aliphatic hydroxyl groups excluding tert-OH is 1. The molecule has 0 aliphatic carbocycles. The van der Waals surface area contributed by atoms with Gasteiger partial charge in [0.1, 0.15) is 5.75 Å². The summed E-state index contributed by atoms with van der Waals surface area (Å²) in [5, 5.41) is 10.7. The first-order chi connectivity index (χ1) is 14.7. The van der Waals surface area contributed by atoms with Crippen molar-refractivity contribution < 1.29 is 19.4 Å². The number of ether oxygens (including phenoxy) is 1. The Kier molecular flexibility index (Phi) is 6.84. The fraction of sp³-hybridized carbons (Fsp3) is 0.385. The van der Waals surface area contributed by atoms with E-state index in [1.807, 2.05) is 62.4 Å². The zero-order valence-corrected chi connectivity index (χ0v) is 18.9. The minimum Gasteiger partial charge on any atom is -0.503 e. The van der Waals surface area contributed by atoms with Crippen molar-refractivity contribution in [3.63, 3.8) is 0 Å². The van der Waals surface area contributed by atoms with Gasteiger partial charge in [0.2, 0.25) is 0 Å². The highest BCUT2D eigenvalue weighted by atomic mass is 16.5. The number of rotatable bonds is 8. The van der Waals surface area contributed by atoms with Crippen LogP contribution in [0.1, 0.15) is 62.8 Å². The molecule has 2 aromatic carbocycles. The Balaban J connectivity index is 2.01. The standard InChI is InChI=1S/C26H31NO4/c1-16(2)14-22(28)23-24(20-10-8-19(9-11-20)17(3)4)27(26(30)25(23)29)15-18-6-12-21(31-5)13-7-18/h6-13,16-17,24,29H,14-15H2,1-5H3. The zero-order chi connectivity index (χ0) is 22.7.